The minimum absolute atomic E-state index is 0.701. The maximum atomic E-state index is 4.05. The van der Waals surface area contributed by atoms with Crippen molar-refractivity contribution in [1.82, 2.24) is 9.97 Å². The van der Waals surface area contributed by atoms with Crippen molar-refractivity contribution in [3.8, 4) is 0 Å². The van der Waals surface area contributed by atoms with E-state index in [-0.39, 0.29) is 0 Å². The van der Waals surface area contributed by atoms with Crippen LogP contribution in [0.25, 0.3) is 0 Å². The third-order valence-electron chi connectivity index (χ3n) is 0.791. The minimum Gasteiger partial charge on any atom is -0.240 e. The molecule has 0 aliphatic heterocycles. The number of hydrogen-bond acceptors (Lipinski definition) is 2. The highest BCUT2D eigenvalue weighted by molar-refractivity contribution is 9.10. The van der Waals surface area contributed by atoms with Crippen LogP contribution in [0.4, 0.5) is 0 Å². The van der Waals surface area contributed by atoms with Gasteiger partial charge in [0.15, 0.2) is 0 Å². The summed E-state index contributed by atoms with van der Waals surface area (Å²) in [6.45, 7) is 0. The standard InChI is InChI=1S/C5H4Br2N2/c6-3-5-8-2-1-4(7)9-5/h1-2H,3H2. The fraction of sp³-hybridized carbons (Fsp3) is 0.200. The summed E-state index contributed by atoms with van der Waals surface area (Å²) in [6, 6.07) is 1.80. The maximum Gasteiger partial charge on any atom is 0.140 e. The van der Waals surface area contributed by atoms with E-state index in [1.54, 1.807) is 12.3 Å². The molecule has 0 radical (unpaired) electrons. The molecule has 0 atom stereocenters. The summed E-state index contributed by atoms with van der Waals surface area (Å²) in [5.74, 6) is 0.796. The van der Waals surface area contributed by atoms with E-state index in [1.807, 2.05) is 0 Å². The van der Waals surface area contributed by atoms with Crippen molar-refractivity contribution in [2.24, 2.45) is 0 Å². The van der Waals surface area contributed by atoms with Crippen LogP contribution >= 0.6 is 31.9 Å². The molecule has 9 heavy (non-hydrogen) atoms. The number of alkyl halides is 1. The van der Waals surface area contributed by atoms with Crippen LogP contribution in [0.5, 0.6) is 0 Å². The van der Waals surface area contributed by atoms with Crippen LogP contribution < -0.4 is 0 Å². The van der Waals surface area contributed by atoms with Crippen molar-refractivity contribution in [2.75, 3.05) is 0 Å². The molecule has 0 aliphatic rings. The van der Waals surface area contributed by atoms with Gasteiger partial charge in [0.1, 0.15) is 10.4 Å². The topological polar surface area (TPSA) is 25.8 Å². The molecule has 0 unspecified atom stereocenters. The van der Waals surface area contributed by atoms with E-state index in [4.69, 9.17) is 0 Å². The Labute approximate surface area is 70.0 Å². The fourth-order valence-electron chi connectivity index (χ4n) is 0.439. The van der Waals surface area contributed by atoms with E-state index in [9.17, 15) is 0 Å². The van der Waals surface area contributed by atoms with Crippen molar-refractivity contribution < 1.29 is 0 Å². The van der Waals surface area contributed by atoms with Gasteiger partial charge in [-0.1, -0.05) is 15.9 Å². The summed E-state index contributed by atoms with van der Waals surface area (Å²) in [4.78, 5) is 8.02. The molecule has 1 aromatic heterocycles. The van der Waals surface area contributed by atoms with Gasteiger partial charge in [0, 0.05) is 6.20 Å². The summed E-state index contributed by atoms with van der Waals surface area (Å²) in [6.07, 6.45) is 1.72. The number of nitrogens with zero attached hydrogens (tertiary/aromatic N) is 2. The highest BCUT2D eigenvalue weighted by Crippen LogP contribution is 2.05. The van der Waals surface area contributed by atoms with Gasteiger partial charge in [-0.15, -0.1) is 0 Å². The quantitative estimate of drug-likeness (QED) is 0.565. The van der Waals surface area contributed by atoms with Gasteiger partial charge in [-0.3, -0.25) is 0 Å². The second-order valence-corrected chi connectivity index (χ2v) is 2.80. The highest BCUT2D eigenvalue weighted by atomic mass is 79.9. The zero-order chi connectivity index (χ0) is 6.69. The van der Waals surface area contributed by atoms with Gasteiger partial charge in [0.05, 0.1) is 5.33 Å². The lowest BCUT2D eigenvalue weighted by atomic mass is 10.6. The van der Waals surface area contributed by atoms with Gasteiger partial charge in [0.2, 0.25) is 0 Å². The first kappa shape index (κ1) is 7.15. The average Bonchev–Trinajstić information content (AvgIpc) is 1.88. The second kappa shape index (κ2) is 3.27. The Hall–Kier alpha value is 0.0400. The molecule has 0 aromatic carbocycles. The Morgan fingerprint density at radius 1 is 1.56 bits per heavy atom. The molecule has 0 N–H and O–H groups in total. The molecular formula is C5H4Br2N2. The van der Waals surface area contributed by atoms with E-state index in [2.05, 4.69) is 41.8 Å². The minimum atomic E-state index is 0.701. The predicted molar refractivity (Wildman–Crippen MR) is 42.4 cm³/mol. The van der Waals surface area contributed by atoms with Gasteiger partial charge in [0.25, 0.3) is 0 Å². The Kier molecular flexibility index (Phi) is 2.60. The molecule has 0 saturated carbocycles. The van der Waals surface area contributed by atoms with Gasteiger partial charge in [-0.2, -0.15) is 0 Å². The molecule has 0 aliphatic carbocycles. The summed E-state index contributed by atoms with van der Waals surface area (Å²) < 4.78 is 0.826. The first-order chi connectivity index (χ1) is 4.33. The van der Waals surface area contributed by atoms with E-state index in [0.717, 1.165) is 10.4 Å². The number of aromatic nitrogens is 2. The molecule has 0 spiro atoms. The molecular weight excluding hydrogens is 248 g/mol. The van der Waals surface area contributed by atoms with Gasteiger partial charge < -0.3 is 0 Å². The smallest absolute Gasteiger partial charge is 0.140 e. The van der Waals surface area contributed by atoms with E-state index in [0.29, 0.717) is 5.33 Å². The van der Waals surface area contributed by atoms with Crippen molar-refractivity contribution in [1.29, 1.82) is 0 Å². The summed E-state index contributed by atoms with van der Waals surface area (Å²) in [7, 11) is 0. The van der Waals surface area contributed by atoms with Crippen LogP contribution in [0.3, 0.4) is 0 Å². The zero-order valence-electron chi connectivity index (χ0n) is 4.51. The molecule has 0 saturated heterocycles. The van der Waals surface area contributed by atoms with Crippen molar-refractivity contribution in [3.63, 3.8) is 0 Å². The third-order valence-corrected chi connectivity index (χ3v) is 1.73. The van der Waals surface area contributed by atoms with E-state index in [1.165, 1.54) is 0 Å². The number of rotatable bonds is 1. The molecule has 0 amide bonds. The molecule has 1 heterocycles. The molecule has 0 bridgehead atoms. The summed E-state index contributed by atoms with van der Waals surface area (Å²) >= 11 is 6.48. The van der Waals surface area contributed by atoms with Crippen molar-refractivity contribution in [3.05, 3.63) is 22.7 Å². The van der Waals surface area contributed by atoms with Crippen LogP contribution in [0.1, 0.15) is 5.82 Å². The molecule has 0 fully saturated rings. The van der Waals surface area contributed by atoms with Crippen LogP contribution in [0.2, 0.25) is 0 Å². The lowest BCUT2D eigenvalue weighted by Gasteiger charge is -1.91. The van der Waals surface area contributed by atoms with Gasteiger partial charge in [-0.25, -0.2) is 9.97 Å². The normalized spacial score (nSPS) is 9.56. The Morgan fingerprint density at radius 3 is 2.78 bits per heavy atom. The van der Waals surface area contributed by atoms with Crippen molar-refractivity contribution in [2.45, 2.75) is 5.33 Å². The lowest BCUT2D eigenvalue weighted by Crippen LogP contribution is -1.88. The molecule has 1 rings (SSSR count). The van der Waals surface area contributed by atoms with Gasteiger partial charge >= 0.3 is 0 Å². The third kappa shape index (κ3) is 2.02. The first-order valence-corrected chi connectivity index (χ1v) is 4.28. The molecule has 48 valence electrons. The Morgan fingerprint density at radius 2 is 2.33 bits per heavy atom. The van der Waals surface area contributed by atoms with E-state index >= 15 is 0 Å². The zero-order valence-corrected chi connectivity index (χ0v) is 7.68. The van der Waals surface area contributed by atoms with Crippen molar-refractivity contribution >= 4 is 31.9 Å². The predicted octanol–water partition coefficient (Wildman–Crippen LogP) is 2.13. The highest BCUT2D eigenvalue weighted by Gasteiger charge is 1.91. The van der Waals surface area contributed by atoms with E-state index < -0.39 is 0 Å². The average molecular weight is 252 g/mol. The first-order valence-electron chi connectivity index (χ1n) is 2.36. The Balaban J connectivity index is 2.94. The van der Waals surface area contributed by atoms with Crippen LogP contribution in [-0.2, 0) is 5.33 Å². The monoisotopic (exact) mass is 250 g/mol. The molecule has 4 heteroatoms. The number of halogens is 2. The fourth-order valence-corrected chi connectivity index (χ4v) is 1.03. The summed E-state index contributed by atoms with van der Waals surface area (Å²) in [5, 5.41) is 0.701. The van der Waals surface area contributed by atoms with Crippen LogP contribution in [0, 0.1) is 0 Å². The second-order valence-electron chi connectivity index (χ2n) is 1.43. The SMILES string of the molecule is BrCc1nccc(Br)n1. The lowest BCUT2D eigenvalue weighted by molar-refractivity contribution is 1.02. The molecule has 1 aromatic rings. The largest absolute Gasteiger partial charge is 0.240 e. The van der Waals surface area contributed by atoms with Gasteiger partial charge in [-0.05, 0) is 22.0 Å². The summed E-state index contributed by atoms with van der Waals surface area (Å²) in [5.41, 5.74) is 0. The van der Waals surface area contributed by atoms with Crippen LogP contribution in [-0.4, -0.2) is 9.97 Å². The number of hydrogen-bond donors (Lipinski definition) is 0. The van der Waals surface area contributed by atoms with Crippen LogP contribution in [0.15, 0.2) is 16.9 Å². The maximum absolute atomic E-state index is 4.05. The molecule has 2 nitrogen and oxygen atoms in total. The Bertz CT molecular complexity index is 202.